The fraction of sp³-hybridized carbons (Fsp3) is 0.480. The summed E-state index contributed by atoms with van der Waals surface area (Å²) in [4.78, 5) is 51.7. The number of piperidine rings is 1. The first-order valence-electron chi connectivity index (χ1n) is 12.0. The summed E-state index contributed by atoms with van der Waals surface area (Å²) in [5, 5.41) is 4.49. The number of hydrogen-bond acceptors (Lipinski definition) is 8. The van der Waals surface area contributed by atoms with Crippen molar-refractivity contribution in [2.75, 3.05) is 19.6 Å². The second-order valence-corrected chi connectivity index (χ2v) is 9.23. The number of aromatic nitrogens is 2. The van der Waals surface area contributed by atoms with Crippen LogP contribution in [0.2, 0.25) is 0 Å². The molecule has 184 valence electrons. The van der Waals surface area contributed by atoms with Crippen LogP contribution >= 0.6 is 0 Å². The number of halogens is 1. The molecule has 2 aliphatic heterocycles. The Bertz CT molecular complexity index is 1220. The van der Waals surface area contributed by atoms with Gasteiger partial charge < -0.3 is 14.4 Å². The lowest BCUT2D eigenvalue weighted by Crippen LogP contribution is -2.37. The summed E-state index contributed by atoms with van der Waals surface area (Å²) in [6.07, 6.45) is 3.29. The maximum absolute atomic E-state index is 13.1. The Kier molecular flexibility index (Phi) is 6.46. The van der Waals surface area contributed by atoms with Crippen molar-refractivity contribution in [1.29, 1.82) is 0 Å². The van der Waals surface area contributed by atoms with E-state index in [1.54, 1.807) is 0 Å². The summed E-state index contributed by atoms with van der Waals surface area (Å²) < 4.78 is 24.7. The molecule has 2 aromatic rings. The largest absolute Gasteiger partial charge is 0.449 e. The van der Waals surface area contributed by atoms with Crippen molar-refractivity contribution in [3.05, 3.63) is 57.3 Å². The van der Waals surface area contributed by atoms with Crippen LogP contribution in [0, 0.1) is 11.7 Å². The maximum atomic E-state index is 13.1. The zero-order valence-corrected chi connectivity index (χ0v) is 19.2. The Morgan fingerprint density at radius 1 is 1.03 bits per heavy atom. The predicted octanol–water partition coefficient (Wildman–Crippen LogP) is 2.21. The van der Waals surface area contributed by atoms with E-state index < -0.39 is 23.6 Å². The van der Waals surface area contributed by atoms with E-state index in [4.69, 9.17) is 9.47 Å². The van der Waals surface area contributed by atoms with Crippen LogP contribution in [0.25, 0.3) is 0 Å². The van der Waals surface area contributed by atoms with Gasteiger partial charge in [-0.1, -0.05) is 0 Å². The highest BCUT2D eigenvalue weighted by Crippen LogP contribution is 2.37. The molecule has 1 saturated heterocycles. The molecule has 1 aliphatic carbocycles. The Balaban J connectivity index is 1.19. The van der Waals surface area contributed by atoms with Gasteiger partial charge in [-0.2, -0.15) is 5.10 Å². The van der Waals surface area contributed by atoms with Crippen molar-refractivity contribution in [1.82, 2.24) is 14.7 Å². The number of likely N-dealkylation sites (tertiary alicyclic amines) is 1. The molecule has 1 fully saturated rings. The minimum absolute atomic E-state index is 0.0506. The molecule has 1 aromatic heterocycles. The summed E-state index contributed by atoms with van der Waals surface area (Å²) in [6.45, 7) is 2.58. The van der Waals surface area contributed by atoms with E-state index in [9.17, 15) is 23.6 Å². The third kappa shape index (κ3) is 4.75. The highest BCUT2D eigenvalue weighted by Gasteiger charge is 2.38. The minimum Gasteiger partial charge on any atom is -0.449 e. The highest BCUT2D eigenvalue weighted by molar-refractivity contribution is 6.30. The van der Waals surface area contributed by atoms with E-state index in [1.807, 2.05) is 0 Å². The van der Waals surface area contributed by atoms with Gasteiger partial charge in [0.05, 0.1) is 11.3 Å². The van der Waals surface area contributed by atoms with E-state index in [2.05, 4.69) is 10.00 Å². The van der Waals surface area contributed by atoms with Crippen molar-refractivity contribution < 1.29 is 28.2 Å². The van der Waals surface area contributed by atoms with Gasteiger partial charge in [0.25, 0.3) is 0 Å². The van der Waals surface area contributed by atoms with Gasteiger partial charge in [-0.15, -0.1) is 0 Å². The molecular formula is C25H26FN3O6. The third-order valence-corrected chi connectivity index (χ3v) is 6.97. The molecule has 0 spiro atoms. The fourth-order valence-electron chi connectivity index (χ4n) is 5.12. The van der Waals surface area contributed by atoms with Crippen molar-refractivity contribution >= 4 is 17.7 Å². The number of rotatable bonds is 6. The molecular weight excluding hydrogens is 457 g/mol. The van der Waals surface area contributed by atoms with Crippen LogP contribution in [0.15, 0.2) is 29.1 Å². The Hall–Kier alpha value is -3.40. The van der Waals surface area contributed by atoms with E-state index in [-0.39, 0.29) is 23.3 Å². The average Bonchev–Trinajstić information content (AvgIpc) is 2.99. The van der Waals surface area contributed by atoms with Crippen LogP contribution in [0.4, 0.5) is 4.39 Å². The van der Waals surface area contributed by atoms with E-state index in [1.165, 1.54) is 28.9 Å². The zero-order chi connectivity index (χ0) is 24.5. The Morgan fingerprint density at radius 2 is 1.77 bits per heavy atom. The smallest absolute Gasteiger partial charge is 0.423 e. The van der Waals surface area contributed by atoms with Gasteiger partial charge in [0, 0.05) is 18.0 Å². The minimum atomic E-state index is -1.19. The summed E-state index contributed by atoms with van der Waals surface area (Å²) in [5.41, 5.74) is 1.05. The van der Waals surface area contributed by atoms with Crippen LogP contribution in [0.1, 0.15) is 59.8 Å². The van der Waals surface area contributed by atoms with Crippen LogP contribution < -0.4 is 10.3 Å². The Labute approximate surface area is 200 Å². The third-order valence-electron chi connectivity index (χ3n) is 6.97. The van der Waals surface area contributed by atoms with Crippen molar-refractivity contribution in [2.24, 2.45) is 5.92 Å². The molecule has 0 radical (unpaired) electrons. The van der Waals surface area contributed by atoms with Gasteiger partial charge in [0.2, 0.25) is 5.75 Å². The van der Waals surface area contributed by atoms with Crippen molar-refractivity contribution in [3.63, 3.8) is 0 Å². The monoisotopic (exact) mass is 483 g/mol. The van der Waals surface area contributed by atoms with E-state index in [0.717, 1.165) is 38.9 Å². The summed E-state index contributed by atoms with van der Waals surface area (Å²) in [7, 11) is 0. The van der Waals surface area contributed by atoms with E-state index in [0.29, 0.717) is 42.6 Å². The number of benzene rings is 1. The maximum Gasteiger partial charge on any atom is 0.423 e. The number of aryl methyl sites for hydroxylation is 2. The van der Waals surface area contributed by atoms with Crippen molar-refractivity contribution in [2.45, 2.75) is 51.2 Å². The lowest BCUT2D eigenvalue weighted by atomic mass is 9.89. The molecule has 0 bridgehead atoms. The Morgan fingerprint density at radius 3 is 2.51 bits per heavy atom. The van der Waals surface area contributed by atoms with Gasteiger partial charge >= 0.3 is 17.5 Å². The standard InChI is InChI=1S/C25H26FN3O6/c26-17-7-5-15(6-8-17)21(30)16-9-13-28(14-10-16)11-2-12-29-23(31)22-20-18(27-29)3-1-4-19(20)34-24(32)25(33)35-22/h5-8,16,19H,1-4,9-14H2. The molecule has 9 nitrogen and oxygen atoms in total. The number of hydrogen-bond donors (Lipinski definition) is 0. The number of nitrogens with zero attached hydrogens (tertiary/aromatic N) is 3. The molecule has 35 heavy (non-hydrogen) atoms. The predicted molar refractivity (Wildman–Crippen MR) is 120 cm³/mol. The van der Waals surface area contributed by atoms with Crippen LogP contribution in [-0.4, -0.2) is 52.0 Å². The number of carbonyl (C=O) groups is 3. The molecule has 1 atom stereocenters. The summed E-state index contributed by atoms with van der Waals surface area (Å²) in [6, 6.07) is 5.68. The zero-order valence-electron chi connectivity index (χ0n) is 19.2. The second kappa shape index (κ2) is 9.69. The van der Waals surface area contributed by atoms with Gasteiger partial charge in [-0.05, 0) is 82.4 Å². The van der Waals surface area contributed by atoms with Crippen molar-refractivity contribution in [3.8, 4) is 5.75 Å². The molecule has 10 heteroatoms. The number of ketones is 1. The van der Waals surface area contributed by atoms with Crippen LogP contribution in [0.3, 0.4) is 0 Å². The first-order chi connectivity index (χ1) is 16.9. The van der Waals surface area contributed by atoms with Crippen LogP contribution in [0.5, 0.6) is 5.75 Å². The quantitative estimate of drug-likeness (QED) is 0.350. The van der Waals surface area contributed by atoms with Gasteiger partial charge in [0.1, 0.15) is 11.9 Å². The summed E-state index contributed by atoms with van der Waals surface area (Å²) in [5.74, 6) is -2.80. The number of carbonyl (C=O) groups excluding carboxylic acids is 3. The molecule has 3 heterocycles. The molecule has 0 amide bonds. The lowest BCUT2D eigenvalue weighted by Gasteiger charge is -2.31. The summed E-state index contributed by atoms with van der Waals surface area (Å²) >= 11 is 0. The number of ether oxygens (including phenoxy) is 2. The molecule has 1 unspecified atom stereocenters. The molecule has 1 aromatic carbocycles. The van der Waals surface area contributed by atoms with E-state index >= 15 is 0 Å². The van der Waals surface area contributed by atoms with Gasteiger partial charge in [-0.25, -0.2) is 18.7 Å². The molecule has 5 rings (SSSR count). The molecule has 3 aliphatic rings. The second-order valence-electron chi connectivity index (χ2n) is 9.23. The SMILES string of the molecule is O=C1Oc2c3c(nn(CCCN4CCC(C(=O)c5ccc(F)cc5)CC4)c2=O)CCCC3OC1=O. The van der Waals surface area contributed by atoms with Gasteiger partial charge in [-0.3, -0.25) is 9.59 Å². The molecule has 0 N–H and O–H groups in total. The number of esters is 2. The van der Waals surface area contributed by atoms with Gasteiger partial charge in [0.15, 0.2) is 5.78 Å². The highest BCUT2D eigenvalue weighted by atomic mass is 19.1. The van der Waals surface area contributed by atoms with Crippen LogP contribution in [-0.2, 0) is 27.3 Å². The first kappa shape index (κ1) is 23.3. The normalized spacial score (nSPS) is 20.5. The topological polar surface area (TPSA) is 108 Å². The molecule has 0 saturated carbocycles. The fourth-order valence-corrected chi connectivity index (χ4v) is 5.12. The first-order valence-corrected chi connectivity index (χ1v) is 12.0. The number of Topliss-reactive ketones (excluding diaryl/α,β-unsaturated/α-hetero) is 1. The lowest BCUT2D eigenvalue weighted by molar-refractivity contribution is -0.164. The average molecular weight is 483 g/mol.